The maximum atomic E-state index is 11.2. The van der Waals surface area contributed by atoms with Crippen molar-refractivity contribution in [2.75, 3.05) is 20.3 Å². The zero-order valence-corrected chi connectivity index (χ0v) is 9.21. The molecule has 0 rings (SSSR count). The number of ether oxygens (including phenoxy) is 1. The van der Waals surface area contributed by atoms with Gasteiger partial charge in [0.2, 0.25) is 5.91 Å². The van der Waals surface area contributed by atoms with Gasteiger partial charge in [-0.25, -0.2) is 4.79 Å². The molecule has 1 unspecified atom stereocenters. The van der Waals surface area contributed by atoms with Gasteiger partial charge >= 0.3 is 6.03 Å². The number of urea groups is 1. The molecule has 1 atom stereocenters. The van der Waals surface area contributed by atoms with Gasteiger partial charge < -0.3 is 15.8 Å². The Morgan fingerprint density at radius 2 is 2.07 bits per heavy atom. The highest BCUT2D eigenvalue weighted by Crippen LogP contribution is 1.89. The monoisotopic (exact) mass is 217 g/mol. The van der Waals surface area contributed by atoms with Gasteiger partial charge in [-0.15, -0.1) is 0 Å². The molecule has 0 aliphatic heterocycles. The number of nitrogens with one attached hydrogen (secondary N) is 2. The van der Waals surface area contributed by atoms with Crippen LogP contribution in [0.1, 0.15) is 19.8 Å². The first kappa shape index (κ1) is 13.9. The minimum atomic E-state index is -0.826. The molecule has 88 valence electrons. The second kappa shape index (κ2) is 8.19. The lowest BCUT2D eigenvalue weighted by Crippen LogP contribution is -2.46. The largest absolute Gasteiger partial charge is 0.385 e. The molecule has 0 bridgehead atoms. The van der Waals surface area contributed by atoms with E-state index in [1.165, 1.54) is 0 Å². The Labute approximate surface area is 89.5 Å². The molecule has 0 fully saturated rings. The van der Waals surface area contributed by atoms with Gasteiger partial charge in [0.1, 0.15) is 0 Å². The first-order valence-corrected chi connectivity index (χ1v) is 4.90. The minimum absolute atomic E-state index is 0.408. The van der Waals surface area contributed by atoms with Crippen LogP contribution in [0.2, 0.25) is 0 Å². The third-order valence-electron chi connectivity index (χ3n) is 1.87. The van der Waals surface area contributed by atoms with E-state index in [0.29, 0.717) is 13.2 Å². The Balaban J connectivity index is 3.51. The zero-order valence-electron chi connectivity index (χ0n) is 9.21. The number of carbonyl (C=O) groups excluding carboxylic acids is 2. The number of rotatable bonds is 7. The molecular weight excluding hydrogens is 198 g/mol. The van der Waals surface area contributed by atoms with Crippen LogP contribution in [0.15, 0.2) is 0 Å². The van der Waals surface area contributed by atoms with E-state index in [1.54, 1.807) is 14.0 Å². The average Bonchev–Trinajstić information content (AvgIpc) is 2.16. The van der Waals surface area contributed by atoms with Crippen molar-refractivity contribution >= 4 is 11.9 Å². The van der Waals surface area contributed by atoms with Crippen molar-refractivity contribution in [2.45, 2.75) is 25.8 Å². The summed E-state index contributed by atoms with van der Waals surface area (Å²) in [6.07, 6.45) is 1.86. The molecular formula is C9H19N3O3. The Kier molecular flexibility index (Phi) is 7.57. The third kappa shape index (κ3) is 7.90. The van der Waals surface area contributed by atoms with Gasteiger partial charge in [-0.2, -0.15) is 0 Å². The summed E-state index contributed by atoms with van der Waals surface area (Å²) in [4.78, 5) is 21.5. The van der Waals surface area contributed by atoms with Gasteiger partial charge in [-0.3, -0.25) is 10.1 Å². The Bertz CT molecular complexity index is 209. The van der Waals surface area contributed by atoms with Crippen molar-refractivity contribution in [3.63, 3.8) is 0 Å². The lowest BCUT2D eigenvalue weighted by molar-refractivity contribution is -0.121. The van der Waals surface area contributed by atoms with Crippen LogP contribution in [0.5, 0.6) is 0 Å². The molecule has 4 N–H and O–H groups in total. The standard InChI is InChI=1S/C9H19N3O3/c1-7(8(13)12-9(10)14)11-5-3-4-6-15-2/h7,11H,3-6H2,1-2H3,(H3,10,12,13,14). The van der Waals surface area contributed by atoms with E-state index in [1.807, 2.05) is 5.32 Å². The number of carbonyl (C=O) groups is 2. The van der Waals surface area contributed by atoms with Crippen LogP contribution in [0.3, 0.4) is 0 Å². The van der Waals surface area contributed by atoms with E-state index in [4.69, 9.17) is 10.5 Å². The number of hydrogen-bond acceptors (Lipinski definition) is 4. The first-order chi connectivity index (χ1) is 7.07. The highest BCUT2D eigenvalue weighted by atomic mass is 16.5. The summed E-state index contributed by atoms with van der Waals surface area (Å²) in [7, 11) is 1.65. The number of unbranched alkanes of at least 4 members (excludes halogenated alkanes) is 1. The van der Waals surface area contributed by atoms with E-state index in [-0.39, 0.29) is 0 Å². The summed E-state index contributed by atoms with van der Waals surface area (Å²) < 4.78 is 4.88. The number of primary amides is 1. The zero-order chi connectivity index (χ0) is 11.7. The Morgan fingerprint density at radius 3 is 2.60 bits per heavy atom. The van der Waals surface area contributed by atoms with Crippen molar-refractivity contribution in [3.05, 3.63) is 0 Å². The minimum Gasteiger partial charge on any atom is -0.385 e. The fourth-order valence-electron chi connectivity index (χ4n) is 1.01. The Hall–Kier alpha value is -1.14. The fraction of sp³-hybridized carbons (Fsp3) is 0.778. The Morgan fingerprint density at radius 1 is 1.40 bits per heavy atom. The summed E-state index contributed by atoms with van der Waals surface area (Å²) >= 11 is 0. The van der Waals surface area contributed by atoms with Gasteiger partial charge in [0.25, 0.3) is 0 Å². The van der Waals surface area contributed by atoms with Crippen molar-refractivity contribution < 1.29 is 14.3 Å². The highest BCUT2D eigenvalue weighted by Gasteiger charge is 2.12. The quantitative estimate of drug-likeness (QED) is 0.505. The predicted octanol–water partition coefficient (Wildman–Crippen LogP) is -0.414. The van der Waals surface area contributed by atoms with Crippen LogP contribution < -0.4 is 16.4 Å². The SMILES string of the molecule is COCCCCNC(C)C(=O)NC(N)=O. The molecule has 0 radical (unpaired) electrons. The number of amides is 3. The van der Waals surface area contributed by atoms with Crippen LogP contribution in [-0.4, -0.2) is 38.2 Å². The molecule has 0 aliphatic rings. The molecule has 0 saturated heterocycles. The molecule has 0 saturated carbocycles. The maximum Gasteiger partial charge on any atom is 0.318 e. The van der Waals surface area contributed by atoms with Crippen molar-refractivity contribution in [2.24, 2.45) is 5.73 Å². The second-order valence-corrected chi connectivity index (χ2v) is 3.23. The molecule has 0 spiro atoms. The molecule has 6 heteroatoms. The molecule has 6 nitrogen and oxygen atoms in total. The maximum absolute atomic E-state index is 11.2. The summed E-state index contributed by atoms with van der Waals surface area (Å²) in [6.45, 7) is 3.09. The molecule has 0 aromatic carbocycles. The second-order valence-electron chi connectivity index (χ2n) is 3.23. The van der Waals surface area contributed by atoms with Crippen molar-refractivity contribution in [1.29, 1.82) is 0 Å². The smallest absolute Gasteiger partial charge is 0.318 e. The first-order valence-electron chi connectivity index (χ1n) is 4.90. The van der Waals surface area contributed by atoms with Gasteiger partial charge in [0.15, 0.2) is 0 Å². The van der Waals surface area contributed by atoms with Crippen molar-refractivity contribution in [1.82, 2.24) is 10.6 Å². The molecule has 0 aromatic rings. The summed E-state index contributed by atoms with van der Waals surface area (Å²) in [5.74, 6) is -0.408. The molecule has 0 heterocycles. The van der Waals surface area contributed by atoms with E-state index in [2.05, 4.69) is 5.32 Å². The molecule has 15 heavy (non-hydrogen) atoms. The number of nitrogens with two attached hydrogens (primary N) is 1. The highest BCUT2D eigenvalue weighted by molar-refractivity contribution is 5.96. The molecule has 3 amide bonds. The lowest BCUT2D eigenvalue weighted by atomic mass is 10.2. The fourth-order valence-corrected chi connectivity index (χ4v) is 1.01. The van der Waals surface area contributed by atoms with Gasteiger partial charge in [-0.05, 0) is 26.3 Å². The summed E-state index contributed by atoms with van der Waals surface area (Å²) in [5.41, 5.74) is 4.81. The van der Waals surface area contributed by atoms with E-state index < -0.39 is 18.0 Å². The number of hydrogen-bond donors (Lipinski definition) is 3. The third-order valence-corrected chi connectivity index (χ3v) is 1.87. The van der Waals surface area contributed by atoms with E-state index in [9.17, 15) is 9.59 Å². The van der Waals surface area contributed by atoms with Crippen LogP contribution in [0.4, 0.5) is 4.79 Å². The summed E-state index contributed by atoms with van der Waals surface area (Å²) in [6, 6.07) is -1.24. The van der Waals surface area contributed by atoms with Crippen LogP contribution in [0.25, 0.3) is 0 Å². The van der Waals surface area contributed by atoms with Gasteiger partial charge in [-0.1, -0.05) is 0 Å². The van der Waals surface area contributed by atoms with Crippen LogP contribution in [0, 0.1) is 0 Å². The van der Waals surface area contributed by atoms with Gasteiger partial charge in [0, 0.05) is 13.7 Å². The number of imide groups is 1. The van der Waals surface area contributed by atoms with Crippen LogP contribution in [-0.2, 0) is 9.53 Å². The van der Waals surface area contributed by atoms with Gasteiger partial charge in [0.05, 0.1) is 6.04 Å². The number of methoxy groups -OCH3 is 1. The molecule has 0 aliphatic carbocycles. The molecule has 0 aromatic heterocycles. The topological polar surface area (TPSA) is 93.4 Å². The van der Waals surface area contributed by atoms with E-state index in [0.717, 1.165) is 12.8 Å². The normalized spacial score (nSPS) is 12.1. The van der Waals surface area contributed by atoms with Crippen molar-refractivity contribution in [3.8, 4) is 0 Å². The summed E-state index contributed by atoms with van der Waals surface area (Å²) in [5, 5.41) is 4.98. The lowest BCUT2D eigenvalue weighted by Gasteiger charge is -2.11. The van der Waals surface area contributed by atoms with E-state index >= 15 is 0 Å². The predicted molar refractivity (Wildman–Crippen MR) is 56.3 cm³/mol. The van der Waals surface area contributed by atoms with Crippen LogP contribution >= 0.6 is 0 Å². The average molecular weight is 217 g/mol.